The molecule has 3 rings (SSSR count). The maximum atomic E-state index is 12.7. The Labute approximate surface area is 157 Å². The van der Waals surface area contributed by atoms with Crippen LogP contribution in [0, 0.1) is 5.92 Å². The Hall–Kier alpha value is -2.22. The summed E-state index contributed by atoms with van der Waals surface area (Å²) in [6, 6.07) is 5.43. The van der Waals surface area contributed by atoms with E-state index >= 15 is 0 Å². The van der Waals surface area contributed by atoms with Crippen molar-refractivity contribution in [1.82, 2.24) is 10.6 Å². The Morgan fingerprint density at radius 2 is 2.07 bits per heavy atom. The second kappa shape index (κ2) is 9.12. The van der Waals surface area contributed by atoms with E-state index in [1.54, 1.807) is 17.0 Å². The molecule has 1 aromatic rings. The number of nitrogens with zero attached hydrogens (tertiary/aromatic N) is 1. The molecule has 0 bridgehead atoms. The molecule has 0 spiro atoms. The first kappa shape index (κ1) is 19.5. The Morgan fingerprint density at radius 3 is 2.74 bits per heavy atom. The average molecular weight is 381 g/mol. The van der Waals surface area contributed by atoms with Crippen LogP contribution in [0.4, 0.5) is 14.5 Å². The summed E-state index contributed by atoms with van der Waals surface area (Å²) >= 11 is 0. The minimum absolute atomic E-state index is 0.0458. The molecular formula is C19H25F2N3O3. The summed E-state index contributed by atoms with van der Waals surface area (Å²) in [5, 5.41) is 6.14. The number of alkyl halides is 2. The maximum Gasteiger partial charge on any atom is 0.387 e. The third-order valence-electron chi connectivity index (χ3n) is 5.09. The molecular weight excluding hydrogens is 356 g/mol. The number of halogens is 2. The second-order valence-electron chi connectivity index (χ2n) is 7.02. The Kier molecular flexibility index (Phi) is 6.60. The van der Waals surface area contributed by atoms with Gasteiger partial charge in [-0.15, -0.1) is 0 Å². The highest BCUT2D eigenvalue weighted by Crippen LogP contribution is 2.25. The number of hydrogen-bond donors (Lipinski definition) is 2. The number of carbonyl (C=O) groups excluding carboxylic acids is 2. The number of anilines is 1. The summed E-state index contributed by atoms with van der Waals surface area (Å²) in [5.41, 5.74) is 0.609. The normalized spacial score (nSPS) is 22.9. The molecule has 0 radical (unpaired) electrons. The molecule has 27 heavy (non-hydrogen) atoms. The molecule has 8 heteroatoms. The van der Waals surface area contributed by atoms with Crippen LogP contribution in [-0.4, -0.2) is 44.1 Å². The van der Waals surface area contributed by atoms with Crippen molar-refractivity contribution >= 4 is 17.5 Å². The number of amides is 2. The van der Waals surface area contributed by atoms with Crippen molar-refractivity contribution in [2.75, 3.05) is 24.5 Å². The van der Waals surface area contributed by atoms with Crippen LogP contribution in [0.3, 0.4) is 0 Å². The minimum Gasteiger partial charge on any atom is -0.435 e. The van der Waals surface area contributed by atoms with Gasteiger partial charge >= 0.3 is 6.61 Å². The lowest BCUT2D eigenvalue weighted by Crippen LogP contribution is -2.52. The van der Waals surface area contributed by atoms with Crippen molar-refractivity contribution in [1.29, 1.82) is 0 Å². The fourth-order valence-corrected chi connectivity index (χ4v) is 3.64. The zero-order chi connectivity index (χ0) is 19.2. The molecule has 2 N–H and O–H groups in total. The van der Waals surface area contributed by atoms with E-state index in [4.69, 9.17) is 0 Å². The maximum absolute atomic E-state index is 12.7. The number of ether oxygens (including phenoxy) is 1. The first-order valence-corrected chi connectivity index (χ1v) is 9.39. The largest absolute Gasteiger partial charge is 0.435 e. The van der Waals surface area contributed by atoms with E-state index in [-0.39, 0.29) is 17.6 Å². The standard InChI is InChI=1S/C19H25F2N3O3/c20-19(21)27-15-6-4-14(5-7-15)24-11-1-2-16(18(24)26)23-17(25)8-3-13-9-10-22-12-13/h4-7,13,16,19,22H,1-3,8-12H2,(H,23,25). The summed E-state index contributed by atoms with van der Waals surface area (Å²) < 4.78 is 28.8. The third kappa shape index (κ3) is 5.38. The molecule has 2 fully saturated rings. The highest BCUT2D eigenvalue weighted by molar-refractivity contribution is 5.99. The smallest absolute Gasteiger partial charge is 0.387 e. The zero-order valence-electron chi connectivity index (χ0n) is 15.1. The Balaban J connectivity index is 1.54. The fraction of sp³-hybridized carbons (Fsp3) is 0.579. The second-order valence-corrected chi connectivity index (χ2v) is 7.02. The molecule has 2 heterocycles. The van der Waals surface area contributed by atoms with Crippen molar-refractivity contribution in [3.8, 4) is 5.75 Å². The van der Waals surface area contributed by atoms with Crippen LogP contribution >= 0.6 is 0 Å². The number of hydrogen-bond acceptors (Lipinski definition) is 4. The third-order valence-corrected chi connectivity index (χ3v) is 5.09. The topological polar surface area (TPSA) is 70.7 Å². The summed E-state index contributed by atoms with van der Waals surface area (Å²) in [6.07, 6.45) is 3.72. The molecule has 2 amide bonds. The number of piperidine rings is 1. The molecule has 2 atom stereocenters. The Morgan fingerprint density at radius 1 is 1.30 bits per heavy atom. The number of nitrogens with one attached hydrogen (secondary N) is 2. The van der Waals surface area contributed by atoms with Gasteiger partial charge in [-0.2, -0.15) is 8.78 Å². The van der Waals surface area contributed by atoms with Gasteiger partial charge in [-0.1, -0.05) is 0 Å². The van der Waals surface area contributed by atoms with Crippen LogP contribution in [0.1, 0.15) is 32.1 Å². The quantitative estimate of drug-likeness (QED) is 0.760. The Bertz CT molecular complexity index is 648. The number of benzene rings is 1. The van der Waals surface area contributed by atoms with Gasteiger partial charge in [0.2, 0.25) is 11.8 Å². The monoisotopic (exact) mass is 381 g/mol. The lowest BCUT2D eigenvalue weighted by atomic mass is 10.0. The molecule has 2 aliphatic heterocycles. The fourth-order valence-electron chi connectivity index (χ4n) is 3.64. The zero-order valence-corrected chi connectivity index (χ0v) is 15.1. The van der Waals surface area contributed by atoms with E-state index in [1.165, 1.54) is 12.1 Å². The molecule has 6 nitrogen and oxygen atoms in total. The van der Waals surface area contributed by atoms with Gasteiger partial charge < -0.3 is 20.3 Å². The molecule has 2 unspecified atom stereocenters. The van der Waals surface area contributed by atoms with Gasteiger partial charge in [0.25, 0.3) is 0 Å². The van der Waals surface area contributed by atoms with Crippen LogP contribution in [0.15, 0.2) is 24.3 Å². The number of carbonyl (C=O) groups is 2. The molecule has 1 aromatic carbocycles. The van der Waals surface area contributed by atoms with E-state index < -0.39 is 12.7 Å². The first-order valence-electron chi connectivity index (χ1n) is 9.39. The minimum atomic E-state index is -2.88. The lowest BCUT2D eigenvalue weighted by molar-refractivity contribution is -0.128. The van der Waals surface area contributed by atoms with Gasteiger partial charge in [0.15, 0.2) is 0 Å². The van der Waals surface area contributed by atoms with Gasteiger partial charge in [0, 0.05) is 18.7 Å². The predicted octanol–water partition coefficient (Wildman–Crippen LogP) is 2.29. The van der Waals surface area contributed by atoms with Crippen LogP contribution < -0.4 is 20.3 Å². The van der Waals surface area contributed by atoms with E-state index in [2.05, 4.69) is 15.4 Å². The van der Waals surface area contributed by atoms with E-state index in [1.807, 2.05) is 0 Å². The number of rotatable bonds is 7. The molecule has 0 aliphatic carbocycles. The van der Waals surface area contributed by atoms with Crippen molar-refractivity contribution in [3.63, 3.8) is 0 Å². The van der Waals surface area contributed by atoms with Crippen molar-refractivity contribution < 1.29 is 23.1 Å². The van der Waals surface area contributed by atoms with E-state index in [9.17, 15) is 18.4 Å². The summed E-state index contributed by atoms with van der Waals surface area (Å²) in [6.45, 7) is -0.390. The van der Waals surface area contributed by atoms with Crippen molar-refractivity contribution in [2.24, 2.45) is 5.92 Å². The summed E-state index contributed by atoms with van der Waals surface area (Å²) in [4.78, 5) is 26.5. The molecule has 2 saturated heterocycles. The summed E-state index contributed by atoms with van der Waals surface area (Å²) in [5.74, 6) is 0.315. The van der Waals surface area contributed by atoms with Gasteiger partial charge in [0.1, 0.15) is 11.8 Å². The molecule has 0 aromatic heterocycles. The first-order chi connectivity index (χ1) is 13.0. The van der Waals surface area contributed by atoms with Gasteiger partial charge in [-0.05, 0) is 69.0 Å². The van der Waals surface area contributed by atoms with Crippen LogP contribution in [-0.2, 0) is 9.59 Å². The highest BCUT2D eigenvalue weighted by atomic mass is 19.3. The van der Waals surface area contributed by atoms with E-state index in [0.29, 0.717) is 31.0 Å². The SMILES string of the molecule is O=C(CCC1CCNC1)NC1CCCN(c2ccc(OC(F)F)cc2)C1=O. The van der Waals surface area contributed by atoms with Gasteiger partial charge in [-0.3, -0.25) is 9.59 Å². The average Bonchev–Trinajstić information content (AvgIpc) is 3.16. The molecule has 2 aliphatic rings. The summed E-state index contributed by atoms with van der Waals surface area (Å²) in [7, 11) is 0. The van der Waals surface area contributed by atoms with E-state index in [0.717, 1.165) is 32.4 Å². The van der Waals surface area contributed by atoms with Crippen LogP contribution in [0.25, 0.3) is 0 Å². The molecule has 148 valence electrons. The van der Waals surface area contributed by atoms with Crippen molar-refractivity contribution in [2.45, 2.75) is 44.8 Å². The van der Waals surface area contributed by atoms with Crippen LogP contribution in [0.2, 0.25) is 0 Å². The molecule has 0 saturated carbocycles. The lowest BCUT2D eigenvalue weighted by Gasteiger charge is -2.32. The van der Waals surface area contributed by atoms with Gasteiger partial charge in [0.05, 0.1) is 0 Å². The predicted molar refractivity (Wildman–Crippen MR) is 96.8 cm³/mol. The van der Waals surface area contributed by atoms with Gasteiger partial charge in [-0.25, -0.2) is 0 Å². The van der Waals surface area contributed by atoms with Crippen molar-refractivity contribution in [3.05, 3.63) is 24.3 Å². The van der Waals surface area contributed by atoms with Crippen LogP contribution in [0.5, 0.6) is 5.75 Å². The highest BCUT2D eigenvalue weighted by Gasteiger charge is 2.31.